The van der Waals surface area contributed by atoms with Crippen LogP contribution in [0.1, 0.15) is 51.5 Å². The molecule has 0 saturated heterocycles. The number of para-hydroxylation sites is 1. The molecule has 2 N–H and O–H groups in total. The summed E-state index contributed by atoms with van der Waals surface area (Å²) in [6, 6.07) is 17.0. The minimum atomic E-state index is -0.311. The maximum Gasteiger partial charge on any atom is 0.122 e. The van der Waals surface area contributed by atoms with Gasteiger partial charge in [0.15, 0.2) is 0 Å². The summed E-state index contributed by atoms with van der Waals surface area (Å²) in [6.45, 7) is 7.03. The first-order valence-corrected chi connectivity index (χ1v) is 10.3. The lowest BCUT2D eigenvalue weighted by Crippen LogP contribution is -2.43. The highest BCUT2D eigenvalue weighted by Crippen LogP contribution is 2.46. The molecule has 0 bridgehead atoms. The molecule has 1 unspecified atom stereocenters. The van der Waals surface area contributed by atoms with E-state index in [0.29, 0.717) is 18.4 Å². The molecule has 3 nitrogen and oxygen atoms in total. The second kappa shape index (κ2) is 7.56. The summed E-state index contributed by atoms with van der Waals surface area (Å²) in [5.74, 6) is 2.16. The Morgan fingerprint density at radius 2 is 1.93 bits per heavy atom. The van der Waals surface area contributed by atoms with Crippen LogP contribution in [0.3, 0.4) is 0 Å². The predicted molar refractivity (Wildman–Crippen MR) is 117 cm³/mol. The van der Waals surface area contributed by atoms with Crippen LogP contribution in [0.25, 0.3) is 22.0 Å². The van der Waals surface area contributed by atoms with Crippen molar-refractivity contribution < 1.29 is 4.74 Å². The molecule has 2 aromatic carbocycles. The van der Waals surface area contributed by atoms with Crippen molar-refractivity contribution >= 4 is 10.9 Å². The highest BCUT2D eigenvalue weighted by molar-refractivity contribution is 5.94. The average molecular weight is 375 g/mol. The maximum atomic E-state index is 6.46. The van der Waals surface area contributed by atoms with E-state index in [-0.39, 0.29) is 5.54 Å². The molecule has 3 aromatic rings. The number of nitrogens with zero attached hydrogens (tertiary/aromatic N) is 1. The van der Waals surface area contributed by atoms with Crippen molar-refractivity contribution in [3.8, 4) is 16.9 Å². The Labute approximate surface area is 167 Å². The van der Waals surface area contributed by atoms with Crippen LogP contribution in [-0.4, -0.2) is 17.1 Å². The molecule has 0 spiro atoms. The Balaban J connectivity index is 1.64. The van der Waals surface area contributed by atoms with Gasteiger partial charge in [0.2, 0.25) is 0 Å². The maximum absolute atomic E-state index is 6.46. The van der Waals surface area contributed by atoms with E-state index in [2.05, 4.69) is 68.2 Å². The van der Waals surface area contributed by atoms with Gasteiger partial charge < -0.3 is 10.5 Å². The third-order valence-electron chi connectivity index (χ3n) is 5.42. The Hall–Kier alpha value is -2.39. The molecule has 0 radical (unpaired) electrons. The molecule has 1 aromatic heterocycles. The molecule has 1 heterocycles. The summed E-state index contributed by atoms with van der Waals surface area (Å²) >= 11 is 0. The molecule has 1 fully saturated rings. The van der Waals surface area contributed by atoms with Crippen LogP contribution in [0.4, 0.5) is 0 Å². The SMILES string of the molecule is CC(C)CC(C)(N)COc1ccc(-c2ccnc3ccccc23)cc1C1CC1. The summed E-state index contributed by atoms with van der Waals surface area (Å²) in [5.41, 5.74) is 10.9. The molecule has 1 aliphatic carbocycles. The predicted octanol–water partition coefficient (Wildman–Crippen LogP) is 5.92. The van der Waals surface area contributed by atoms with Crippen LogP contribution in [0.5, 0.6) is 5.75 Å². The minimum absolute atomic E-state index is 0.311. The standard InChI is InChI=1S/C25H30N2O/c1-17(2)15-25(3,26)16-28-24-11-10-19(14-22(24)18-8-9-18)20-12-13-27-23-7-5-4-6-21(20)23/h4-7,10-14,17-18H,8-9,15-16,26H2,1-3H3. The molecule has 28 heavy (non-hydrogen) atoms. The van der Waals surface area contributed by atoms with E-state index in [9.17, 15) is 0 Å². The van der Waals surface area contributed by atoms with Crippen LogP contribution >= 0.6 is 0 Å². The van der Waals surface area contributed by atoms with Gasteiger partial charge in [0.25, 0.3) is 0 Å². The van der Waals surface area contributed by atoms with E-state index in [1.165, 1.54) is 34.9 Å². The lowest BCUT2D eigenvalue weighted by Gasteiger charge is -2.27. The van der Waals surface area contributed by atoms with Gasteiger partial charge in [-0.25, -0.2) is 0 Å². The van der Waals surface area contributed by atoms with Crippen molar-refractivity contribution in [1.29, 1.82) is 0 Å². The summed E-state index contributed by atoms with van der Waals surface area (Å²) in [7, 11) is 0. The van der Waals surface area contributed by atoms with Crippen molar-refractivity contribution in [2.24, 2.45) is 11.7 Å². The van der Waals surface area contributed by atoms with E-state index < -0.39 is 0 Å². The van der Waals surface area contributed by atoms with Crippen molar-refractivity contribution in [3.05, 3.63) is 60.3 Å². The van der Waals surface area contributed by atoms with Crippen LogP contribution in [0, 0.1) is 5.92 Å². The Bertz CT molecular complexity index is 968. The van der Waals surface area contributed by atoms with Crippen molar-refractivity contribution in [1.82, 2.24) is 4.98 Å². The Morgan fingerprint density at radius 3 is 2.68 bits per heavy atom. The normalized spacial score (nSPS) is 16.3. The van der Waals surface area contributed by atoms with Gasteiger partial charge in [-0.05, 0) is 79.0 Å². The quantitative estimate of drug-likeness (QED) is 0.558. The van der Waals surface area contributed by atoms with E-state index in [1.807, 2.05) is 12.3 Å². The summed E-state index contributed by atoms with van der Waals surface area (Å²) in [6.07, 6.45) is 5.32. The van der Waals surface area contributed by atoms with Gasteiger partial charge in [-0.15, -0.1) is 0 Å². The van der Waals surface area contributed by atoms with Crippen molar-refractivity contribution in [2.45, 2.75) is 51.5 Å². The van der Waals surface area contributed by atoms with Gasteiger partial charge >= 0.3 is 0 Å². The summed E-state index contributed by atoms with van der Waals surface area (Å²) in [5, 5.41) is 1.19. The topological polar surface area (TPSA) is 48.1 Å². The van der Waals surface area contributed by atoms with E-state index in [4.69, 9.17) is 10.5 Å². The van der Waals surface area contributed by atoms with Crippen LogP contribution in [-0.2, 0) is 0 Å². The number of benzene rings is 2. The summed E-state index contributed by atoms with van der Waals surface area (Å²) < 4.78 is 6.25. The molecular weight excluding hydrogens is 344 g/mol. The molecule has 146 valence electrons. The lowest BCUT2D eigenvalue weighted by atomic mass is 9.92. The summed E-state index contributed by atoms with van der Waals surface area (Å²) in [4.78, 5) is 4.50. The van der Waals surface area contributed by atoms with E-state index in [1.54, 1.807) is 0 Å². The average Bonchev–Trinajstić information content (AvgIpc) is 3.50. The van der Waals surface area contributed by atoms with Crippen LogP contribution in [0.15, 0.2) is 54.7 Å². The fourth-order valence-corrected chi connectivity index (χ4v) is 4.14. The monoisotopic (exact) mass is 374 g/mol. The van der Waals surface area contributed by atoms with E-state index in [0.717, 1.165) is 17.7 Å². The van der Waals surface area contributed by atoms with Gasteiger partial charge in [0.05, 0.1) is 5.52 Å². The van der Waals surface area contributed by atoms with Gasteiger partial charge in [-0.1, -0.05) is 38.1 Å². The van der Waals surface area contributed by atoms with Gasteiger partial charge in [0.1, 0.15) is 12.4 Å². The van der Waals surface area contributed by atoms with Crippen molar-refractivity contribution in [2.75, 3.05) is 6.61 Å². The molecular formula is C25H30N2O. The Kier molecular flexibility index (Phi) is 5.11. The van der Waals surface area contributed by atoms with Crippen LogP contribution in [0.2, 0.25) is 0 Å². The smallest absolute Gasteiger partial charge is 0.122 e. The lowest BCUT2D eigenvalue weighted by molar-refractivity contribution is 0.205. The number of pyridine rings is 1. The third kappa shape index (κ3) is 4.20. The fraction of sp³-hybridized carbons (Fsp3) is 0.400. The first-order chi connectivity index (χ1) is 13.4. The van der Waals surface area contributed by atoms with E-state index >= 15 is 0 Å². The number of aromatic nitrogens is 1. The molecule has 0 amide bonds. The van der Waals surface area contributed by atoms with Crippen LogP contribution < -0.4 is 10.5 Å². The number of fused-ring (bicyclic) bond motifs is 1. The molecule has 1 aliphatic rings. The molecule has 1 saturated carbocycles. The van der Waals surface area contributed by atoms with Gasteiger partial charge in [-0.2, -0.15) is 0 Å². The first kappa shape index (κ1) is 18.9. The third-order valence-corrected chi connectivity index (χ3v) is 5.42. The largest absolute Gasteiger partial charge is 0.491 e. The molecule has 0 aliphatic heterocycles. The number of hydrogen-bond acceptors (Lipinski definition) is 3. The number of rotatable bonds is 7. The van der Waals surface area contributed by atoms with Gasteiger partial charge in [0, 0.05) is 17.1 Å². The minimum Gasteiger partial charge on any atom is -0.491 e. The number of hydrogen-bond donors (Lipinski definition) is 1. The Morgan fingerprint density at radius 1 is 1.14 bits per heavy atom. The first-order valence-electron chi connectivity index (χ1n) is 10.3. The van der Waals surface area contributed by atoms with Gasteiger partial charge in [-0.3, -0.25) is 4.98 Å². The second-order valence-electron chi connectivity index (χ2n) is 8.94. The fourth-order valence-electron chi connectivity index (χ4n) is 4.14. The highest BCUT2D eigenvalue weighted by atomic mass is 16.5. The molecule has 4 rings (SSSR count). The second-order valence-corrected chi connectivity index (χ2v) is 8.94. The highest BCUT2D eigenvalue weighted by Gasteiger charge is 2.28. The number of ether oxygens (including phenoxy) is 1. The molecule has 3 heteroatoms. The zero-order valence-electron chi connectivity index (χ0n) is 17.1. The molecule has 1 atom stereocenters. The zero-order valence-corrected chi connectivity index (χ0v) is 17.1. The number of nitrogens with two attached hydrogens (primary N) is 1. The van der Waals surface area contributed by atoms with Crippen molar-refractivity contribution in [3.63, 3.8) is 0 Å². The zero-order chi connectivity index (χ0) is 19.7.